The van der Waals surface area contributed by atoms with Crippen LogP contribution in [0.4, 0.5) is 0 Å². The minimum absolute atomic E-state index is 0.634. The molecule has 1 N–H and O–H groups in total. The van der Waals surface area contributed by atoms with Crippen molar-refractivity contribution in [1.29, 1.82) is 0 Å². The van der Waals surface area contributed by atoms with Crippen molar-refractivity contribution in [2.45, 2.75) is 44.7 Å². The summed E-state index contributed by atoms with van der Waals surface area (Å²) in [7, 11) is 0. The van der Waals surface area contributed by atoms with Crippen LogP contribution in [0.1, 0.15) is 32.9 Å². The van der Waals surface area contributed by atoms with Crippen LogP contribution in [0.2, 0.25) is 0 Å². The van der Waals surface area contributed by atoms with Crippen molar-refractivity contribution < 1.29 is 0 Å². The quantitative estimate of drug-likeness (QED) is 0.899. The highest BCUT2D eigenvalue weighted by Gasteiger charge is 2.21. The standard InChI is InChI=1S/C17H19NS/c1-2-5-13-9-15(8-12(13)4-1)18-11-16-10-14-6-3-7-17(14)19-16/h1-2,4-5,10,15,18H,3,6-9,11H2. The zero-order chi connectivity index (χ0) is 12.7. The van der Waals surface area contributed by atoms with E-state index in [0.29, 0.717) is 6.04 Å². The summed E-state index contributed by atoms with van der Waals surface area (Å²) in [6.45, 7) is 1.05. The predicted octanol–water partition coefficient (Wildman–Crippen LogP) is 3.49. The Morgan fingerprint density at radius 1 is 1.05 bits per heavy atom. The second-order valence-corrected chi connectivity index (χ2v) is 6.99. The molecule has 0 atom stereocenters. The third-order valence-corrected chi connectivity index (χ3v) is 5.65. The summed E-state index contributed by atoms with van der Waals surface area (Å²) in [5.41, 5.74) is 4.69. The fraction of sp³-hybridized carbons (Fsp3) is 0.412. The lowest BCUT2D eigenvalue weighted by atomic mass is 10.1. The van der Waals surface area contributed by atoms with Gasteiger partial charge < -0.3 is 5.32 Å². The number of rotatable bonds is 3. The van der Waals surface area contributed by atoms with Gasteiger partial charge in [-0.25, -0.2) is 0 Å². The van der Waals surface area contributed by atoms with E-state index in [2.05, 4.69) is 35.6 Å². The summed E-state index contributed by atoms with van der Waals surface area (Å²) in [5, 5.41) is 3.74. The molecule has 0 amide bonds. The molecule has 0 radical (unpaired) electrons. The molecular formula is C17H19NS. The van der Waals surface area contributed by atoms with Gasteiger partial charge >= 0.3 is 0 Å². The van der Waals surface area contributed by atoms with Crippen LogP contribution >= 0.6 is 11.3 Å². The molecule has 1 heterocycles. The molecule has 19 heavy (non-hydrogen) atoms. The Kier molecular flexibility index (Phi) is 2.93. The van der Waals surface area contributed by atoms with Crippen molar-refractivity contribution in [3.8, 4) is 0 Å². The molecule has 1 nitrogen and oxygen atoms in total. The van der Waals surface area contributed by atoms with Gasteiger partial charge in [-0.15, -0.1) is 11.3 Å². The van der Waals surface area contributed by atoms with Crippen molar-refractivity contribution in [3.63, 3.8) is 0 Å². The molecule has 1 aromatic carbocycles. The molecule has 1 aromatic heterocycles. The van der Waals surface area contributed by atoms with Gasteiger partial charge in [0, 0.05) is 22.3 Å². The van der Waals surface area contributed by atoms with Crippen molar-refractivity contribution in [2.24, 2.45) is 0 Å². The van der Waals surface area contributed by atoms with Gasteiger partial charge in [0.1, 0.15) is 0 Å². The average Bonchev–Trinajstić information content (AvgIpc) is 3.09. The second kappa shape index (κ2) is 4.77. The SMILES string of the molecule is c1ccc2c(c1)CC(NCc1cc3c(s1)CCC3)C2. The Hall–Kier alpha value is -1.12. The molecular weight excluding hydrogens is 250 g/mol. The minimum Gasteiger partial charge on any atom is -0.308 e. The van der Waals surface area contributed by atoms with Crippen LogP contribution in [0.3, 0.4) is 0 Å². The summed E-state index contributed by atoms with van der Waals surface area (Å²) in [6, 6.07) is 11.9. The van der Waals surface area contributed by atoms with Crippen LogP contribution in [0.5, 0.6) is 0 Å². The normalized spacial score (nSPS) is 17.7. The zero-order valence-corrected chi connectivity index (χ0v) is 11.9. The molecule has 0 saturated heterocycles. The van der Waals surface area contributed by atoms with Gasteiger partial charge in [0.25, 0.3) is 0 Å². The average molecular weight is 269 g/mol. The van der Waals surface area contributed by atoms with Crippen molar-refractivity contribution >= 4 is 11.3 Å². The first-order valence-electron chi connectivity index (χ1n) is 7.29. The summed E-state index contributed by atoms with van der Waals surface area (Å²) < 4.78 is 0. The van der Waals surface area contributed by atoms with Crippen LogP contribution in [0.25, 0.3) is 0 Å². The van der Waals surface area contributed by atoms with E-state index in [1.807, 2.05) is 11.3 Å². The molecule has 98 valence electrons. The number of hydrogen-bond acceptors (Lipinski definition) is 2. The van der Waals surface area contributed by atoms with Gasteiger partial charge in [0.2, 0.25) is 0 Å². The molecule has 0 aliphatic heterocycles. The summed E-state index contributed by atoms with van der Waals surface area (Å²) in [5.74, 6) is 0. The first kappa shape index (κ1) is 11.7. The molecule has 0 fully saturated rings. The van der Waals surface area contributed by atoms with E-state index in [0.717, 1.165) is 6.54 Å². The van der Waals surface area contributed by atoms with Gasteiger partial charge in [-0.2, -0.15) is 0 Å². The second-order valence-electron chi connectivity index (χ2n) is 5.77. The van der Waals surface area contributed by atoms with E-state index < -0.39 is 0 Å². The Morgan fingerprint density at radius 3 is 2.58 bits per heavy atom. The molecule has 0 saturated carbocycles. The molecule has 2 heteroatoms. The van der Waals surface area contributed by atoms with Crippen molar-refractivity contribution in [2.75, 3.05) is 0 Å². The number of nitrogens with one attached hydrogen (secondary N) is 1. The molecule has 0 bridgehead atoms. The maximum Gasteiger partial charge on any atom is 0.0302 e. The summed E-state index contributed by atoms with van der Waals surface area (Å²) in [6.07, 6.45) is 6.38. The van der Waals surface area contributed by atoms with Crippen LogP contribution in [-0.4, -0.2) is 6.04 Å². The fourth-order valence-electron chi connectivity index (χ4n) is 3.43. The highest BCUT2D eigenvalue weighted by atomic mass is 32.1. The maximum atomic E-state index is 3.74. The topological polar surface area (TPSA) is 12.0 Å². The number of thiophene rings is 1. The van der Waals surface area contributed by atoms with Gasteiger partial charge in [-0.05, 0) is 54.9 Å². The lowest BCUT2D eigenvalue weighted by Crippen LogP contribution is -2.28. The van der Waals surface area contributed by atoms with Crippen molar-refractivity contribution in [3.05, 3.63) is 56.8 Å². The van der Waals surface area contributed by atoms with E-state index in [-0.39, 0.29) is 0 Å². The summed E-state index contributed by atoms with van der Waals surface area (Å²) >= 11 is 2.03. The number of aryl methyl sites for hydroxylation is 2. The smallest absolute Gasteiger partial charge is 0.0302 e. The zero-order valence-electron chi connectivity index (χ0n) is 11.1. The molecule has 2 aromatic rings. The fourth-order valence-corrected chi connectivity index (χ4v) is 4.64. The Balaban J connectivity index is 1.39. The number of hydrogen-bond donors (Lipinski definition) is 1. The highest BCUT2D eigenvalue weighted by Crippen LogP contribution is 2.31. The Morgan fingerprint density at radius 2 is 1.84 bits per heavy atom. The van der Waals surface area contributed by atoms with E-state index in [1.165, 1.54) is 48.1 Å². The van der Waals surface area contributed by atoms with Gasteiger partial charge in [0.05, 0.1) is 0 Å². The summed E-state index contributed by atoms with van der Waals surface area (Å²) in [4.78, 5) is 3.17. The van der Waals surface area contributed by atoms with Gasteiger partial charge in [-0.3, -0.25) is 0 Å². The van der Waals surface area contributed by atoms with Gasteiger partial charge in [0.15, 0.2) is 0 Å². The molecule has 0 unspecified atom stereocenters. The van der Waals surface area contributed by atoms with Gasteiger partial charge in [-0.1, -0.05) is 24.3 Å². The third-order valence-electron chi connectivity index (χ3n) is 4.41. The van der Waals surface area contributed by atoms with E-state index in [4.69, 9.17) is 0 Å². The van der Waals surface area contributed by atoms with E-state index in [1.54, 1.807) is 10.4 Å². The minimum atomic E-state index is 0.634. The monoisotopic (exact) mass is 269 g/mol. The Bertz CT molecular complexity index is 553. The van der Waals surface area contributed by atoms with E-state index in [9.17, 15) is 0 Å². The maximum absolute atomic E-state index is 3.74. The lowest BCUT2D eigenvalue weighted by molar-refractivity contribution is 0.536. The first-order chi connectivity index (χ1) is 9.38. The number of benzene rings is 1. The number of fused-ring (bicyclic) bond motifs is 2. The van der Waals surface area contributed by atoms with Crippen LogP contribution < -0.4 is 5.32 Å². The predicted molar refractivity (Wildman–Crippen MR) is 80.8 cm³/mol. The first-order valence-corrected chi connectivity index (χ1v) is 8.11. The molecule has 2 aliphatic carbocycles. The lowest BCUT2D eigenvalue weighted by Gasteiger charge is -2.10. The molecule has 4 rings (SSSR count). The third kappa shape index (κ3) is 2.24. The van der Waals surface area contributed by atoms with E-state index >= 15 is 0 Å². The largest absolute Gasteiger partial charge is 0.308 e. The van der Waals surface area contributed by atoms with Crippen molar-refractivity contribution in [1.82, 2.24) is 5.32 Å². The van der Waals surface area contributed by atoms with Crippen LogP contribution in [0, 0.1) is 0 Å². The highest BCUT2D eigenvalue weighted by molar-refractivity contribution is 7.12. The van der Waals surface area contributed by atoms with Crippen LogP contribution in [-0.2, 0) is 32.2 Å². The Labute approximate surface area is 118 Å². The molecule has 2 aliphatic rings. The van der Waals surface area contributed by atoms with Crippen LogP contribution in [0.15, 0.2) is 30.3 Å². The molecule has 0 spiro atoms.